The van der Waals surface area contributed by atoms with Gasteiger partial charge in [-0.15, -0.1) is 0 Å². The summed E-state index contributed by atoms with van der Waals surface area (Å²) in [5.74, 6) is -1.38. The molecule has 24 heavy (non-hydrogen) atoms. The summed E-state index contributed by atoms with van der Waals surface area (Å²) < 4.78 is 57.2. The Bertz CT molecular complexity index is 649. The summed E-state index contributed by atoms with van der Waals surface area (Å²) in [6, 6.07) is 3.09. The number of amides is 1. The molecular weight excluding hydrogens is 330 g/mol. The zero-order valence-corrected chi connectivity index (χ0v) is 13.2. The molecule has 1 aromatic carbocycles. The summed E-state index contributed by atoms with van der Waals surface area (Å²) in [6.07, 6.45) is -3.95. The van der Waals surface area contributed by atoms with Crippen LogP contribution < -0.4 is 15.4 Å². The zero-order valence-electron chi connectivity index (χ0n) is 13.2. The Morgan fingerprint density at radius 1 is 1.21 bits per heavy atom. The molecule has 0 saturated heterocycles. The molecule has 0 aromatic heterocycles. The summed E-state index contributed by atoms with van der Waals surface area (Å²) in [4.78, 5) is 10.3. The van der Waals surface area contributed by atoms with Crippen LogP contribution in [0, 0.1) is 11.2 Å². The molecule has 0 aliphatic heterocycles. The summed E-state index contributed by atoms with van der Waals surface area (Å²) in [5, 5.41) is 10.5. The quantitative estimate of drug-likeness (QED) is 0.252. The molecule has 0 spiro atoms. The van der Waals surface area contributed by atoms with E-state index in [0.717, 1.165) is 18.2 Å². The van der Waals surface area contributed by atoms with Gasteiger partial charge in [0.1, 0.15) is 23.0 Å². The van der Waals surface area contributed by atoms with E-state index in [-0.39, 0.29) is 17.7 Å². The van der Waals surface area contributed by atoms with Gasteiger partial charge in [0.15, 0.2) is 0 Å². The normalized spacial score (nSPS) is 12.5. The lowest BCUT2D eigenvalue weighted by molar-refractivity contribution is -0.144. The average Bonchev–Trinajstić information content (AvgIpc) is 2.33. The third-order valence-electron chi connectivity index (χ3n) is 2.39. The minimum atomic E-state index is -4.81. The summed E-state index contributed by atoms with van der Waals surface area (Å²) >= 11 is 0. The van der Waals surface area contributed by atoms with Gasteiger partial charge in [0.25, 0.3) is 0 Å². The highest BCUT2D eigenvalue weighted by Crippen LogP contribution is 2.26. The van der Waals surface area contributed by atoms with Crippen LogP contribution in [0.4, 0.5) is 17.6 Å². The number of nitrogens with one attached hydrogen (secondary N) is 3. The van der Waals surface area contributed by atoms with Crippen molar-refractivity contribution in [3.05, 3.63) is 35.7 Å². The lowest BCUT2D eigenvalue weighted by Crippen LogP contribution is -2.31. The summed E-state index contributed by atoms with van der Waals surface area (Å²) in [6.45, 7) is 5.10. The average molecular weight is 347 g/mol. The summed E-state index contributed by atoms with van der Waals surface area (Å²) in [5.41, 5.74) is -1.48. The van der Waals surface area contributed by atoms with Crippen LogP contribution in [0.1, 0.15) is 26.3 Å². The predicted molar refractivity (Wildman–Crippen MR) is 80.9 cm³/mol. The van der Waals surface area contributed by atoms with Crippen LogP contribution in [-0.2, 0) is 4.79 Å². The molecule has 0 fully saturated rings. The van der Waals surface area contributed by atoms with Crippen LogP contribution in [0.3, 0.4) is 0 Å². The topological polar surface area (TPSA) is 74.2 Å². The Kier molecular flexibility index (Phi) is 5.94. The fraction of sp³-hybridized carbons (Fsp3) is 0.333. The molecule has 1 rings (SSSR count). The van der Waals surface area contributed by atoms with Gasteiger partial charge in [-0.25, -0.2) is 4.39 Å². The highest BCUT2D eigenvalue weighted by atomic mass is 19.4. The van der Waals surface area contributed by atoms with Crippen LogP contribution in [-0.4, -0.2) is 24.1 Å². The number of rotatable bonds is 5. The van der Waals surface area contributed by atoms with Crippen LogP contribution in [0.25, 0.3) is 5.70 Å². The van der Waals surface area contributed by atoms with Gasteiger partial charge in [-0.3, -0.25) is 15.5 Å². The second-order valence-electron chi connectivity index (χ2n) is 5.75. The van der Waals surface area contributed by atoms with Crippen molar-refractivity contribution in [1.29, 1.82) is 5.41 Å². The molecular formula is C15H17F4N3O2. The molecule has 9 heteroatoms. The number of hydrogen-bond acceptors (Lipinski definition) is 4. The maximum atomic E-state index is 13.7. The molecule has 3 N–H and O–H groups in total. The molecule has 5 nitrogen and oxygen atoms in total. The molecule has 0 bridgehead atoms. The predicted octanol–water partition coefficient (Wildman–Crippen LogP) is 3.18. The van der Waals surface area contributed by atoms with Gasteiger partial charge in [-0.1, -0.05) is 0 Å². The van der Waals surface area contributed by atoms with Gasteiger partial charge in [-0.05, 0) is 32.9 Å². The molecule has 0 aliphatic rings. The lowest BCUT2D eigenvalue weighted by Gasteiger charge is -2.22. The van der Waals surface area contributed by atoms with Gasteiger partial charge in [-0.2, -0.15) is 13.2 Å². The lowest BCUT2D eigenvalue weighted by atomic mass is 10.1. The second-order valence-corrected chi connectivity index (χ2v) is 5.75. The van der Waals surface area contributed by atoms with Crippen molar-refractivity contribution in [3.8, 4) is 5.75 Å². The highest BCUT2D eigenvalue weighted by Gasteiger charge is 2.29. The molecule has 0 aliphatic carbocycles. The molecule has 132 valence electrons. The molecule has 1 amide bonds. The molecule has 0 heterocycles. The van der Waals surface area contributed by atoms with E-state index in [1.54, 1.807) is 20.8 Å². The number of alkyl halides is 3. The van der Waals surface area contributed by atoms with E-state index in [1.807, 2.05) is 5.32 Å². The number of benzene rings is 1. The summed E-state index contributed by atoms with van der Waals surface area (Å²) in [7, 11) is 0. The van der Waals surface area contributed by atoms with Gasteiger partial charge in [0.05, 0.1) is 5.70 Å². The van der Waals surface area contributed by atoms with E-state index < -0.39 is 29.3 Å². The number of carbonyl (C=O) groups is 1. The fourth-order valence-corrected chi connectivity index (χ4v) is 1.72. The first-order valence-corrected chi connectivity index (χ1v) is 6.75. The standard InChI is InChI=1S/C15H17F4N3O2/c1-14(2,3)24-11-5-9(4-10(16)6-11)12(22-15(17,18)19)7-13(20)21-8-23/h4-8,22H,1-3H3,(H2,20,21,23)/b12-7-. The van der Waals surface area contributed by atoms with Crippen LogP contribution >= 0.6 is 0 Å². The van der Waals surface area contributed by atoms with Crippen molar-refractivity contribution >= 4 is 17.9 Å². The first kappa shape index (κ1) is 19.5. The Labute approximate surface area is 136 Å². The Morgan fingerprint density at radius 3 is 2.33 bits per heavy atom. The van der Waals surface area contributed by atoms with Gasteiger partial charge >= 0.3 is 6.30 Å². The smallest absolute Gasteiger partial charge is 0.482 e. The van der Waals surface area contributed by atoms with Gasteiger partial charge < -0.3 is 10.1 Å². The van der Waals surface area contributed by atoms with E-state index in [0.29, 0.717) is 0 Å². The van der Waals surface area contributed by atoms with Crippen molar-refractivity contribution in [2.75, 3.05) is 0 Å². The van der Waals surface area contributed by atoms with E-state index >= 15 is 0 Å². The highest BCUT2D eigenvalue weighted by molar-refractivity contribution is 6.01. The van der Waals surface area contributed by atoms with Crippen molar-refractivity contribution in [2.45, 2.75) is 32.7 Å². The van der Waals surface area contributed by atoms with Gasteiger partial charge in [0.2, 0.25) is 6.41 Å². The van der Waals surface area contributed by atoms with Crippen LogP contribution in [0.2, 0.25) is 0 Å². The van der Waals surface area contributed by atoms with Crippen LogP contribution in [0.15, 0.2) is 24.3 Å². The maximum Gasteiger partial charge on any atom is 0.482 e. The first-order valence-electron chi connectivity index (χ1n) is 6.75. The van der Waals surface area contributed by atoms with Crippen molar-refractivity contribution in [2.24, 2.45) is 0 Å². The number of carbonyl (C=O) groups excluding carboxylic acids is 1. The Balaban J connectivity index is 3.31. The Morgan fingerprint density at radius 2 is 1.83 bits per heavy atom. The largest absolute Gasteiger partial charge is 0.488 e. The molecule has 0 saturated carbocycles. The third kappa shape index (κ3) is 7.12. The van der Waals surface area contributed by atoms with Crippen molar-refractivity contribution in [1.82, 2.24) is 10.6 Å². The minimum absolute atomic E-state index is 0.0299. The van der Waals surface area contributed by atoms with E-state index in [9.17, 15) is 22.4 Å². The van der Waals surface area contributed by atoms with E-state index in [2.05, 4.69) is 0 Å². The monoisotopic (exact) mass is 347 g/mol. The van der Waals surface area contributed by atoms with Gasteiger partial charge in [0, 0.05) is 17.7 Å². The van der Waals surface area contributed by atoms with E-state index in [1.165, 1.54) is 11.4 Å². The van der Waals surface area contributed by atoms with E-state index in [4.69, 9.17) is 10.1 Å². The number of amidine groups is 1. The zero-order chi connectivity index (χ0) is 18.5. The van der Waals surface area contributed by atoms with Crippen molar-refractivity contribution < 1.29 is 27.1 Å². The van der Waals surface area contributed by atoms with Crippen molar-refractivity contribution in [3.63, 3.8) is 0 Å². The fourth-order valence-electron chi connectivity index (χ4n) is 1.72. The molecule has 1 aromatic rings. The SMILES string of the molecule is CC(C)(C)Oc1cc(F)cc(/C(=C/C(=N)NC=O)NC(F)(F)F)c1. The Hall–Kier alpha value is -2.58. The second kappa shape index (κ2) is 7.33. The first-order chi connectivity index (χ1) is 10.9. The molecule has 0 radical (unpaired) electrons. The van der Waals surface area contributed by atoms with Crippen LogP contribution in [0.5, 0.6) is 5.75 Å². The molecule has 0 unspecified atom stereocenters. The molecule has 0 atom stereocenters. The minimum Gasteiger partial charge on any atom is -0.488 e. The number of hydrogen-bond donors (Lipinski definition) is 3. The maximum absolute atomic E-state index is 13.7. The number of halogens is 4. The number of ether oxygens (including phenoxy) is 1. The third-order valence-corrected chi connectivity index (χ3v) is 2.39.